The molecule has 2 nitrogen and oxygen atoms in total. The molecule has 51 heavy (non-hydrogen) atoms. The zero-order valence-corrected chi connectivity index (χ0v) is 32.0. The minimum atomic E-state index is 0.0173. The van der Waals surface area contributed by atoms with Gasteiger partial charge in [0.05, 0.1) is 23.6 Å². The van der Waals surface area contributed by atoms with E-state index < -0.39 is 0 Å². The summed E-state index contributed by atoms with van der Waals surface area (Å²) in [5, 5.41) is 0. The molecule has 2 unspecified atom stereocenters. The number of aryl methyl sites for hydroxylation is 4. The molecule has 2 aliphatic rings. The van der Waals surface area contributed by atoms with Crippen LogP contribution in [0.5, 0.6) is 0 Å². The van der Waals surface area contributed by atoms with E-state index in [4.69, 9.17) is 8.75 Å². The van der Waals surface area contributed by atoms with Gasteiger partial charge in [0.2, 0.25) is 0 Å². The topological polar surface area (TPSA) is 25.8 Å². The van der Waals surface area contributed by atoms with Gasteiger partial charge in [0.1, 0.15) is 11.0 Å². The van der Waals surface area contributed by atoms with Crippen LogP contribution in [-0.4, -0.2) is 8.75 Å². The highest BCUT2D eigenvalue weighted by molar-refractivity contribution is 7.16. The molecule has 0 amide bonds. The van der Waals surface area contributed by atoms with Crippen molar-refractivity contribution in [1.29, 1.82) is 0 Å². The Morgan fingerprint density at radius 3 is 1.35 bits per heavy atom. The van der Waals surface area contributed by atoms with Gasteiger partial charge in [-0.3, -0.25) is 0 Å². The number of allylic oxidation sites excluding steroid dienone is 8. The second-order valence-corrected chi connectivity index (χ2v) is 16.1. The lowest BCUT2D eigenvalue weighted by Gasteiger charge is -2.15. The Morgan fingerprint density at radius 1 is 0.529 bits per heavy atom. The molecule has 248 valence electrons. The zero-order valence-electron chi connectivity index (χ0n) is 29.5. The monoisotopic (exact) mass is 712 g/mol. The highest BCUT2D eigenvalue weighted by atomic mass is 32.1. The lowest BCUT2D eigenvalue weighted by atomic mass is 9.89. The predicted molar refractivity (Wildman–Crippen MR) is 221 cm³/mol. The molecule has 0 radical (unpaired) electrons. The number of benzene rings is 3. The number of nitrogens with zero attached hydrogens (tertiary/aromatic N) is 2. The lowest BCUT2D eigenvalue weighted by molar-refractivity contribution is 1.06. The van der Waals surface area contributed by atoms with Crippen LogP contribution in [0.2, 0.25) is 0 Å². The predicted octanol–water partition coefficient (Wildman–Crippen LogP) is 12.9. The van der Waals surface area contributed by atoms with Crippen LogP contribution in [0.15, 0.2) is 108 Å². The molecule has 0 spiro atoms. The van der Waals surface area contributed by atoms with Crippen LogP contribution in [0.3, 0.4) is 0 Å². The van der Waals surface area contributed by atoms with E-state index in [1.165, 1.54) is 86.9 Å². The fourth-order valence-corrected chi connectivity index (χ4v) is 10.6. The Labute approximate surface area is 313 Å². The quantitative estimate of drug-likeness (QED) is 0.161. The van der Waals surface area contributed by atoms with Crippen molar-refractivity contribution in [1.82, 2.24) is 8.75 Å². The van der Waals surface area contributed by atoms with Crippen molar-refractivity contribution in [2.24, 2.45) is 0 Å². The highest BCUT2D eigenvalue weighted by Gasteiger charge is 2.27. The van der Waals surface area contributed by atoms with Gasteiger partial charge in [-0.1, -0.05) is 108 Å². The summed E-state index contributed by atoms with van der Waals surface area (Å²) in [6, 6.07) is 22.4. The van der Waals surface area contributed by atoms with Crippen LogP contribution in [0.1, 0.15) is 57.7 Å². The van der Waals surface area contributed by atoms with Crippen molar-refractivity contribution in [3.8, 4) is 66.8 Å². The zero-order chi connectivity index (χ0) is 35.2. The average molecular weight is 713 g/mol. The van der Waals surface area contributed by atoms with Gasteiger partial charge in [0.15, 0.2) is 0 Å². The molecule has 6 aromatic rings. The Balaban J connectivity index is 1.31. The summed E-state index contributed by atoms with van der Waals surface area (Å²) in [6.45, 7) is 13.2. The lowest BCUT2D eigenvalue weighted by Crippen LogP contribution is -1.98. The number of thiophene rings is 2. The normalized spacial score (nSPS) is 16.5. The molecular weight excluding hydrogens is 677 g/mol. The smallest absolute Gasteiger partial charge is 0.114 e. The third-order valence-corrected chi connectivity index (χ3v) is 12.9. The molecule has 0 saturated carbocycles. The first-order chi connectivity index (χ1) is 24.8. The summed E-state index contributed by atoms with van der Waals surface area (Å²) in [5.74, 6) is 13.7. The second kappa shape index (κ2) is 13.6. The van der Waals surface area contributed by atoms with E-state index in [0.29, 0.717) is 0 Å². The maximum absolute atomic E-state index is 4.95. The van der Waals surface area contributed by atoms with Crippen LogP contribution in [0.25, 0.3) is 54.2 Å². The van der Waals surface area contributed by atoms with Crippen molar-refractivity contribution in [2.75, 3.05) is 0 Å². The van der Waals surface area contributed by atoms with E-state index in [9.17, 15) is 0 Å². The van der Waals surface area contributed by atoms with Gasteiger partial charge >= 0.3 is 0 Å². The van der Waals surface area contributed by atoms with E-state index in [-0.39, 0.29) is 11.8 Å². The van der Waals surface area contributed by atoms with E-state index in [2.05, 4.69) is 150 Å². The molecule has 8 rings (SSSR count). The van der Waals surface area contributed by atoms with Gasteiger partial charge in [0, 0.05) is 30.6 Å². The molecule has 3 aromatic carbocycles. The standard InChI is InChI=1S/C46H36N2S3/c1-27-15-9-7-11-21-33(27)45-37(41-29(3)17-13-18-30(41)4)25-39(49-45)35-23-24-36(44-43(35)47-51-48-44)40-26-38(42-31(5)19-14-20-32(42)6)46(50-40)34-22-12-8-10-16-28(34)2/h7-10,13-20,23-26,33-34H,1-6H3. The fourth-order valence-electron chi connectivity index (χ4n) is 7.36. The molecule has 5 heteroatoms. The summed E-state index contributed by atoms with van der Waals surface area (Å²) in [7, 11) is 0. The number of aromatic nitrogens is 2. The Morgan fingerprint density at radius 2 is 0.941 bits per heavy atom. The van der Waals surface area contributed by atoms with Gasteiger partial charge in [-0.2, -0.15) is 8.75 Å². The molecular formula is C46H36N2S3. The van der Waals surface area contributed by atoms with Crippen LogP contribution >= 0.6 is 34.4 Å². The number of hydrogen-bond donors (Lipinski definition) is 0. The van der Waals surface area contributed by atoms with Crippen molar-refractivity contribution in [3.63, 3.8) is 0 Å². The number of rotatable bonds is 6. The molecule has 2 atom stereocenters. The van der Waals surface area contributed by atoms with E-state index >= 15 is 0 Å². The summed E-state index contributed by atoms with van der Waals surface area (Å²) in [6.07, 6.45) is 12.4. The summed E-state index contributed by atoms with van der Waals surface area (Å²) in [5.41, 5.74) is 16.8. The van der Waals surface area contributed by atoms with Crippen LogP contribution in [0.4, 0.5) is 0 Å². The fraction of sp³-hybridized carbons (Fsp3) is 0.174. The van der Waals surface area contributed by atoms with Crippen molar-refractivity contribution in [2.45, 2.75) is 53.4 Å². The minimum absolute atomic E-state index is 0.0173. The maximum atomic E-state index is 4.95. The van der Waals surface area contributed by atoms with Crippen molar-refractivity contribution in [3.05, 3.63) is 140 Å². The first-order valence-electron chi connectivity index (χ1n) is 17.2. The third kappa shape index (κ3) is 5.96. The maximum Gasteiger partial charge on any atom is 0.114 e. The largest absolute Gasteiger partial charge is 0.172 e. The van der Waals surface area contributed by atoms with Crippen molar-refractivity contribution >= 4 is 45.4 Å². The van der Waals surface area contributed by atoms with E-state index in [0.717, 1.165) is 22.2 Å². The first kappa shape index (κ1) is 33.1. The molecule has 0 N–H and O–H groups in total. The van der Waals surface area contributed by atoms with Crippen LogP contribution in [-0.2, 0) is 0 Å². The number of fused-ring (bicyclic) bond motifs is 1. The molecule has 0 fully saturated rings. The molecule has 2 aliphatic carbocycles. The van der Waals surface area contributed by atoms with Gasteiger partial charge < -0.3 is 0 Å². The van der Waals surface area contributed by atoms with Crippen molar-refractivity contribution < 1.29 is 0 Å². The SMILES string of the molecule is CC1=CC=CC#CC1c1sc(-c2ccc(-c3cc(-c4c(C)cccc4C)c(C4C#CC=CC=C4C)s3)c3nsnc23)cc1-c1c(C)cccc1C. The van der Waals surface area contributed by atoms with E-state index in [1.54, 1.807) is 0 Å². The molecule has 3 heterocycles. The minimum Gasteiger partial charge on any atom is -0.172 e. The Hall–Kier alpha value is -5.04. The molecule has 0 aliphatic heterocycles. The first-order valence-corrected chi connectivity index (χ1v) is 19.5. The Bertz CT molecular complexity index is 2410. The van der Waals surface area contributed by atoms with E-state index in [1.807, 2.05) is 34.8 Å². The van der Waals surface area contributed by atoms with Gasteiger partial charge in [0.25, 0.3) is 0 Å². The van der Waals surface area contributed by atoms with Gasteiger partial charge in [-0.25, -0.2) is 0 Å². The van der Waals surface area contributed by atoms with Gasteiger partial charge in [-0.05, 0) is 110 Å². The molecule has 0 bridgehead atoms. The third-order valence-electron chi connectivity index (χ3n) is 9.94. The summed E-state index contributed by atoms with van der Waals surface area (Å²) >= 11 is 4.95. The second-order valence-electron chi connectivity index (χ2n) is 13.4. The van der Waals surface area contributed by atoms with Crippen LogP contribution in [0, 0.1) is 51.4 Å². The molecule has 0 saturated heterocycles. The highest BCUT2D eigenvalue weighted by Crippen LogP contribution is 2.49. The summed E-state index contributed by atoms with van der Waals surface area (Å²) < 4.78 is 9.91. The number of hydrogen-bond acceptors (Lipinski definition) is 5. The van der Waals surface area contributed by atoms with Crippen LogP contribution < -0.4 is 0 Å². The average Bonchev–Trinajstić information content (AvgIpc) is 3.80. The molecule has 3 aromatic heterocycles. The Kier molecular flexibility index (Phi) is 8.83. The van der Waals surface area contributed by atoms with Gasteiger partial charge in [-0.15, -0.1) is 22.7 Å². The summed E-state index contributed by atoms with van der Waals surface area (Å²) in [4.78, 5) is 4.92.